The second kappa shape index (κ2) is 4.29. The summed E-state index contributed by atoms with van der Waals surface area (Å²) >= 11 is 5.00. The molecule has 96 valence electrons. The third kappa shape index (κ3) is 1.83. The SMILES string of the molecule is O=C(c1ccc(Br)s1)C1C2CCc3ccccc3C21. The molecule has 1 fully saturated rings. The van der Waals surface area contributed by atoms with Crippen LogP contribution in [0.4, 0.5) is 0 Å². The van der Waals surface area contributed by atoms with Crippen molar-refractivity contribution >= 4 is 33.0 Å². The van der Waals surface area contributed by atoms with E-state index in [4.69, 9.17) is 0 Å². The molecular weight excluding hydrogens is 320 g/mol. The number of Topliss-reactive ketones (excluding diaryl/α,β-unsaturated/α-hetero) is 1. The Hall–Kier alpha value is -0.930. The van der Waals surface area contributed by atoms with Crippen molar-refractivity contribution in [2.24, 2.45) is 11.8 Å². The Morgan fingerprint density at radius 3 is 2.84 bits per heavy atom. The molecule has 2 aromatic rings. The van der Waals surface area contributed by atoms with E-state index in [1.165, 1.54) is 17.5 Å². The van der Waals surface area contributed by atoms with Crippen molar-refractivity contribution in [3.63, 3.8) is 0 Å². The predicted octanol–water partition coefficient (Wildman–Crippen LogP) is 4.67. The fraction of sp³-hybridized carbons (Fsp3) is 0.312. The maximum Gasteiger partial charge on any atom is 0.176 e. The van der Waals surface area contributed by atoms with E-state index in [0.717, 1.165) is 15.1 Å². The minimum atomic E-state index is 0.231. The number of carbonyl (C=O) groups excluding carboxylic acids is 1. The van der Waals surface area contributed by atoms with E-state index in [2.05, 4.69) is 40.2 Å². The van der Waals surface area contributed by atoms with Gasteiger partial charge in [0.1, 0.15) is 0 Å². The first-order valence-corrected chi connectivity index (χ1v) is 8.24. The number of hydrogen-bond acceptors (Lipinski definition) is 2. The molecule has 2 aliphatic carbocycles. The molecule has 0 radical (unpaired) electrons. The van der Waals surface area contributed by atoms with E-state index in [1.54, 1.807) is 11.3 Å². The van der Waals surface area contributed by atoms with Crippen LogP contribution < -0.4 is 0 Å². The van der Waals surface area contributed by atoms with E-state index in [0.29, 0.717) is 17.6 Å². The van der Waals surface area contributed by atoms with Gasteiger partial charge in [-0.25, -0.2) is 0 Å². The van der Waals surface area contributed by atoms with Gasteiger partial charge in [0.25, 0.3) is 0 Å². The van der Waals surface area contributed by atoms with Gasteiger partial charge in [-0.05, 0) is 63.9 Å². The molecule has 1 aromatic carbocycles. The maximum atomic E-state index is 12.6. The van der Waals surface area contributed by atoms with Crippen LogP contribution in [0, 0.1) is 11.8 Å². The Labute approximate surface area is 124 Å². The average Bonchev–Trinajstić information content (AvgIpc) is 3.03. The number of carbonyl (C=O) groups is 1. The highest BCUT2D eigenvalue weighted by Gasteiger charge is 2.56. The van der Waals surface area contributed by atoms with Crippen LogP contribution >= 0.6 is 27.3 Å². The zero-order chi connectivity index (χ0) is 13.0. The van der Waals surface area contributed by atoms with Crippen molar-refractivity contribution in [3.8, 4) is 0 Å². The Kier molecular flexibility index (Phi) is 2.68. The highest BCUT2D eigenvalue weighted by Crippen LogP contribution is 2.61. The fourth-order valence-corrected chi connectivity index (χ4v) is 4.91. The minimum Gasteiger partial charge on any atom is -0.293 e. The van der Waals surface area contributed by atoms with Crippen LogP contribution in [-0.4, -0.2) is 5.78 Å². The second-order valence-corrected chi connectivity index (χ2v) is 7.88. The fourth-order valence-electron chi connectivity index (χ4n) is 3.53. The lowest BCUT2D eigenvalue weighted by Crippen LogP contribution is -2.01. The molecule has 19 heavy (non-hydrogen) atoms. The number of halogens is 1. The van der Waals surface area contributed by atoms with Crippen molar-refractivity contribution < 1.29 is 4.79 Å². The Balaban J connectivity index is 1.65. The average molecular weight is 333 g/mol. The first-order chi connectivity index (χ1) is 9.25. The van der Waals surface area contributed by atoms with Crippen molar-refractivity contribution in [1.29, 1.82) is 0 Å². The molecule has 0 saturated heterocycles. The van der Waals surface area contributed by atoms with Gasteiger partial charge in [0.2, 0.25) is 0 Å². The number of aryl methyl sites for hydroxylation is 1. The molecule has 0 aliphatic heterocycles. The third-order valence-corrected chi connectivity index (χ3v) is 6.09. The highest BCUT2D eigenvalue weighted by atomic mass is 79.9. The third-order valence-electron chi connectivity index (χ3n) is 4.45. The van der Waals surface area contributed by atoms with Crippen LogP contribution in [0.2, 0.25) is 0 Å². The topological polar surface area (TPSA) is 17.1 Å². The van der Waals surface area contributed by atoms with E-state index in [-0.39, 0.29) is 5.92 Å². The van der Waals surface area contributed by atoms with Gasteiger partial charge in [0.15, 0.2) is 5.78 Å². The van der Waals surface area contributed by atoms with E-state index in [1.807, 2.05) is 12.1 Å². The molecule has 3 atom stereocenters. The van der Waals surface area contributed by atoms with E-state index < -0.39 is 0 Å². The second-order valence-electron chi connectivity index (χ2n) is 5.42. The number of hydrogen-bond donors (Lipinski definition) is 0. The van der Waals surface area contributed by atoms with Crippen LogP contribution in [0.15, 0.2) is 40.2 Å². The van der Waals surface area contributed by atoms with E-state index >= 15 is 0 Å². The molecule has 2 aliphatic rings. The van der Waals surface area contributed by atoms with Crippen molar-refractivity contribution in [3.05, 3.63) is 56.2 Å². The summed E-state index contributed by atoms with van der Waals surface area (Å²) < 4.78 is 1.04. The predicted molar refractivity (Wildman–Crippen MR) is 80.8 cm³/mol. The van der Waals surface area contributed by atoms with Gasteiger partial charge in [-0.3, -0.25) is 4.79 Å². The summed E-state index contributed by atoms with van der Waals surface area (Å²) in [5.74, 6) is 1.65. The van der Waals surface area contributed by atoms with Gasteiger partial charge in [-0.2, -0.15) is 0 Å². The summed E-state index contributed by atoms with van der Waals surface area (Å²) in [6.07, 6.45) is 2.31. The lowest BCUT2D eigenvalue weighted by molar-refractivity contribution is 0.0963. The number of rotatable bonds is 2. The first-order valence-electron chi connectivity index (χ1n) is 6.63. The van der Waals surface area contributed by atoms with Gasteiger partial charge in [-0.1, -0.05) is 24.3 Å². The summed E-state index contributed by atoms with van der Waals surface area (Å²) in [6.45, 7) is 0. The molecule has 3 heteroatoms. The summed E-state index contributed by atoms with van der Waals surface area (Å²) in [7, 11) is 0. The molecular formula is C16H13BrOS. The summed E-state index contributed by atoms with van der Waals surface area (Å²) in [5, 5.41) is 0. The monoisotopic (exact) mass is 332 g/mol. The van der Waals surface area contributed by atoms with Gasteiger partial charge in [0.05, 0.1) is 8.66 Å². The Bertz CT molecular complexity index is 660. The van der Waals surface area contributed by atoms with Gasteiger partial charge in [0, 0.05) is 5.92 Å². The zero-order valence-electron chi connectivity index (χ0n) is 10.3. The van der Waals surface area contributed by atoms with Crippen LogP contribution in [0.1, 0.15) is 33.1 Å². The molecule has 3 unspecified atom stereocenters. The maximum absolute atomic E-state index is 12.6. The molecule has 1 aromatic heterocycles. The smallest absolute Gasteiger partial charge is 0.176 e. The molecule has 0 bridgehead atoms. The lowest BCUT2D eigenvalue weighted by atomic mass is 9.92. The number of ketones is 1. The lowest BCUT2D eigenvalue weighted by Gasteiger charge is -2.13. The highest BCUT2D eigenvalue weighted by molar-refractivity contribution is 9.11. The normalized spacial score (nSPS) is 27.5. The van der Waals surface area contributed by atoms with Crippen molar-refractivity contribution in [2.45, 2.75) is 18.8 Å². The number of thiophene rings is 1. The molecule has 1 heterocycles. The summed E-state index contributed by atoms with van der Waals surface area (Å²) in [5.41, 5.74) is 2.87. The molecule has 1 saturated carbocycles. The van der Waals surface area contributed by atoms with Gasteiger partial charge >= 0.3 is 0 Å². The molecule has 0 spiro atoms. The minimum absolute atomic E-state index is 0.231. The largest absolute Gasteiger partial charge is 0.293 e. The molecule has 0 N–H and O–H groups in total. The quantitative estimate of drug-likeness (QED) is 0.730. The Morgan fingerprint density at radius 2 is 2.05 bits per heavy atom. The van der Waals surface area contributed by atoms with Crippen LogP contribution in [0.25, 0.3) is 0 Å². The summed E-state index contributed by atoms with van der Waals surface area (Å²) in [6, 6.07) is 12.6. The van der Waals surface area contributed by atoms with Crippen molar-refractivity contribution in [1.82, 2.24) is 0 Å². The van der Waals surface area contributed by atoms with E-state index in [9.17, 15) is 4.79 Å². The Morgan fingerprint density at radius 1 is 1.21 bits per heavy atom. The van der Waals surface area contributed by atoms with Crippen LogP contribution in [0.5, 0.6) is 0 Å². The van der Waals surface area contributed by atoms with Crippen molar-refractivity contribution in [2.75, 3.05) is 0 Å². The van der Waals surface area contributed by atoms with Gasteiger partial charge in [-0.15, -0.1) is 11.3 Å². The van der Waals surface area contributed by atoms with Crippen LogP contribution in [-0.2, 0) is 6.42 Å². The molecule has 4 rings (SSSR count). The first kappa shape index (κ1) is 11.9. The zero-order valence-corrected chi connectivity index (χ0v) is 12.7. The number of fused-ring (bicyclic) bond motifs is 3. The summed E-state index contributed by atoms with van der Waals surface area (Å²) in [4.78, 5) is 13.5. The van der Waals surface area contributed by atoms with Gasteiger partial charge < -0.3 is 0 Å². The molecule has 0 amide bonds. The molecule has 1 nitrogen and oxygen atoms in total. The van der Waals surface area contributed by atoms with Crippen LogP contribution in [0.3, 0.4) is 0 Å². The standard InChI is InChI=1S/C16H13BrOS/c17-13-8-7-12(19-13)16(18)15-11-6-5-9-3-1-2-4-10(9)14(11)15/h1-4,7-8,11,14-15H,5-6H2. The number of benzene rings is 1.